The maximum Gasteiger partial charge on any atom is 0.211 e. The van der Waals surface area contributed by atoms with Crippen LogP contribution in [0.25, 0.3) is 10.4 Å². The molecule has 0 saturated heterocycles. The molecule has 0 aliphatic carbocycles. The minimum absolute atomic E-state index is 0.924. The van der Waals surface area contributed by atoms with Crippen molar-refractivity contribution in [2.75, 3.05) is 0 Å². The number of hydrogen-bond donors (Lipinski definition) is 0. The van der Waals surface area contributed by atoms with E-state index >= 15 is 0 Å². The Labute approximate surface area is 111 Å². The maximum atomic E-state index is 4.28. The topological polar surface area (TPSA) is 29.6 Å². The Morgan fingerprint density at radius 3 is 2.44 bits per heavy atom. The van der Waals surface area contributed by atoms with Crippen molar-refractivity contribution >= 4 is 17.0 Å². The zero-order valence-corrected chi connectivity index (χ0v) is 12.0. The molecule has 0 spiro atoms. The molecule has 0 atom stereocenters. The highest BCUT2D eigenvalue weighted by atomic mass is 32.1. The lowest BCUT2D eigenvalue weighted by atomic mass is 10.2. The highest BCUT2D eigenvalue weighted by molar-refractivity contribution is 7.13. The summed E-state index contributed by atoms with van der Waals surface area (Å²) in [5.74, 6) is 0. The van der Waals surface area contributed by atoms with Crippen molar-refractivity contribution in [3.05, 3.63) is 40.8 Å². The molecular formula is C14H17N3S. The molecule has 1 heterocycles. The van der Waals surface area contributed by atoms with E-state index in [2.05, 4.69) is 46.0 Å². The molecule has 0 radical (unpaired) electrons. The number of aromatic nitrogens is 1. The SMILES string of the molecule is CC(C)=NN=c1sc(-c2ccccc2)c(C)n1C. The van der Waals surface area contributed by atoms with Crippen molar-refractivity contribution in [3.63, 3.8) is 0 Å². The summed E-state index contributed by atoms with van der Waals surface area (Å²) in [4.78, 5) is 2.17. The molecule has 4 heteroatoms. The van der Waals surface area contributed by atoms with Crippen molar-refractivity contribution in [1.82, 2.24) is 4.57 Å². The van der Waals surface area contributed by atoms with Gasteiger partial charge < -0.3 is 4.57 Å². The lowest BCUT2D eigenvalue weighted by Crippen LogP contribution is -2.10. The highest BCUT2D eigenvalue weighted by Gasteiger charge is 2.08. The number of hydrogen-bond acceptors (Lipinski definition) is 3. The zero-order valence-electron chi connectivity index (χ0n) is 11.1. The van der Waals surface area contributed by atoms with E-state index in [1.54, 1.807) is 11.3 Å². The molecule has 0 unspecified atom stereocenters. The van der Waals surface area contributed by atoms with Gasteiger partial charge in [0.15, 0.2) is 0 Å². The second kappa shape index (κ2) is 5.31. The normalized spacial score (nSPS) is 11.7. The molecule has 0 aliphatic heterocycles. The first kappa shape index (κ1) is 12.8. The van der Waals surface area contributed by atoms with Crippen LogP contribution in [0.3, 0.4) is 0 Å². The molecule has 94 valence electrons. The summed E-state index contributed by atoms with van der Waals surface area (Å²) >= 11 is 1.67. The Hall–Kier alpha value is -1.68. The quantitative estimate of drug-likeness (QED) is 0.585. The number of nitrogens with zero attached hydrogens (tertiary/aromatic N) is 3. The van der Waals surface area contributed by atoms with Crippen LogP contribution in [-0.4, -0.2) is 10.3 Å². The van der Waals surface area contributed by atoms with E-state index in [0.717, 1.165) is 10.5 Å². The van der Waals surface area contributed by atoms with Gasteiger partial charge in [-0.1, -0.05) is 41.7 Å². The van der Waals surface area contributed by atoms with Crippen LogP contribution in [-0.2, 0) is 7.05 Å². The van der Waals surface area contributed by atoms with Crippen molar-refractivity contribution in [1.29, 1.82) is 0 Å². The van der Waals surface area contributed by atoms with Crippen molar-refractivity contribution < 1.29 is 0 Å². The summed E-state index contributed by atoms with van der Waals surface area (Å²) in [6, 6.07) is 10.4. The summed E-state index contributed by atoms with van der Waals surface area (Å²) in [6.45, 7) is 6.00. The van der Waals surface area contributed by atoms with Gasteiger partial charge in [-0.05, 0) is 26.3 Å². The summed E-state index contributed by atoms with van der Waals surface area (Å²) in [5.41, 5.74) is 3.41. The van der Waals surface area contributed by atoms with Crippen LogP contribution in [0.4, 0.5) is 0 Å². The van der Waals surface area contributed by atoms with E-state index in [0.29, 0.717) is 0 Å². The van der Waals surface area contributed by atoms with Gasteiger partial charge in [-0.3, -0.25) is 0 Å². The van der Waals surface area contributed by atoms with Gasteiger partial charge >= 0.3 is 0 Å². The van der Waals surface area contributed by atoms with Crippen LogP contribution in [0, 0.1) is 6.92 Å². The summed E-state index contributed by atoms with van der Waals surface area (Å²) < 4.78 is 2.08. The molecule has 2 aromatic rings. The third-order valence-electron chi connectivity index (χ3n) is 2.68. The van der Waals surface area contributed by atoms with Gasteiger partial charge in [-0.2, -0.15) is 5.10 Å². The molecule has 0 fully saturated rings. The van der Waals surface area contributed by atoms with Crippen LogP contribution in [0.1, 0.15) is 19.5 Å². The first-order chi connectivity index (χ1) is 8.59. The van der Waals surface area contributed by atoms with Gasteiger partial charge in [-0.25, -0.2) is 0 Å². The molecule has 3 nitrogen and oxygen atoms in total. The molecule has 0 bridgehead atoms. The molecular weight excluding hydrogens is 242 g/mol. The Kier molecular flexibility index (Phi) is 3.77. The van der Waals surface area contributed by atoms with Gasteiger partial charge in [0, 0.05) is 18.5 Å². The van der Waals surface area contributed by atoms with Gasteiger partial charge in [0.2, 0.25) is 4.80 Å². The number of rotatable bonds is 2. The van der Waals surface area contributed by atoms with Crippen molar-refractivity contribution in [2.45, 2.75) is 20.8 Å². The third kappa shape index (κ3) is 2.59. The predicted octanol–water partition coefficient (Wildman–Crippen LogP) is 3.36. The minimum Gasteiger partial charge on any atom is -0.322 e. The molecule has 0 saturated carbocycles. The van der Waals surface area contributed by atoms with Crippen LogP contribution >= 0.6 is 11.3 Å². The van der Waals surface area contributed by atoms with E-state index in [1.165, 1.54) is 16.1 Å². The number of thiazole rings is 1. The van der Waals surface area contributed by atoms with E-state index in [9.17, 15) is 0 Å². The lowest BCUT2D eigenvalue weighted by Gasteiger charge is -1.99. The molecule has 2 rings (SSSR count). The first-order valence-corrected chi connectivity index (χ1v) is 6.68. The molecule has 0 amide bonds. The van der Waals surface area contributed by atoms with Gasteiger partial charge in [0.05, 0.1) is 4.88 Å². The summed E-state index contributed by atoms with van der Waals surface area (Å²) in [7, 11) is 2.03. The highest BCUT2D eigenvalue weighted by Crippen LogP contribution is 2.25. The van der Waals surface area contributed by atoms with Gasteiger partial charge in [0.1, 0.15) is 0 Å². The predicted molar refractivity (Wildman–Crippen MR) is 77.8 cm³/mol. The fourth-order valence-corrected chi connectivity index (χ4v) is 2.69. The van der Waals surface area contributed by atoms with Crippen molar-refractivity contribution in [2.24, 2.45) is 17.3 Å². The van der Waals surface area contributed by atoms with E-state index < -0.39 is 0 Å². The number of benzene rings is 1. The van der Waals surface area contributed by atoms with E-state index in [4.69, 9.17) is 0 Å². The molecule has 1 aromatic carbocycles. The Bertz CT molecular complexity index is 629. The first-order valence-electron chi connectivity index (χ1n) is 5.86. The molecule has 0 aliphatic rings. The average Bonchev–Trinajstić information content (AvgIpc) is 2.65. The molecule has 18 heavy (non-hydrogen) atoms. The maximum absolute atomic E-state index is 4.28. The van der Waals surface area contributed by atoms with Crippen LogP contribution < -0.4 is 4.80 Å². The van der Waals surface area contributed by atoms with Gasteiger partial charge in [0.25, 0.3) is 0 Å². The second-order valence-electron chi connectivity index (χ2n) is 4.37. The van der Waals surface area contributed by atoms with E-state index in [-0.39, 0.29) is 0 Å². The minimum atomic E-state index is 0.924. The Morgan fingerprint density at radius 2 is 1.83 bits per heavy atom. The third-order valence-corrected chi connectivity index (χ3v) is 3.96. The molecule has 1 aromatic heterocycles. The summed E-state index contributed by atoms with van der Waals surface area (Å²) in [6.07, 6.45) is 0. The standard InChI is InChI=1S/C14H17N3S/c1-10(2)15-16-14-17(4)11(3)13(18-14)12-8-6-5-7-9-12/h5-9H,1-4H3. The largest absolute Gasteiger partial charge is 0.322 e. The lowest BCUT2D eigenvalue weighted by molar-refractivity contribution is 0.821. The fourth-order valence-electron chi connectivity index (χ4n) is 1.62. The summed E-state index contributed by atoms with van der Waals surface area (Å²) in [5, 5.41) is 8.42. The van der Waals surface area contributed by atoms with Gasteiger partial charge in [-0.15, -0.1) is 5.10 Å². The average molecular weight is 259 g/mol. The fraction of sp³-hybridized carbons (Fsp3) is 0.286. The Morgan fingerprint density at radius 1 is 1.17 bits per heavy atom. The smallest absolute Gasteiger partial charge is 0.211 e. The van der Waals surface area contributed by atoms with Crippen molar-refractivity contribution in [3.8, 4) is 10.4 Å². The second-order valence-corrected chi connectivity index (χ2v) is 5.35. The van der Waals surface area contributed by atoms with Crippen LogP contribution in [0.15, 0.2) is 40.5 Å². The van der Waals surface area contributed by atoms with Crippen LogP contribution in [0.5, 0.6) is 0 Å². The zero-order chi connectivity index (χ0) is 13.1. The Balaban J connectivity index is 2.56. The van der Waals surface area contributed by atoms with E-state index in [1.807, 2.05) is 27.0 Å². The monoisotopic (exact) mass is 259 g/mol. The molecule has 0 N–H and O–H groups in total. The van der Waals surface area contributed by atoms with Crippen LogP contribution in [0.2, 0.25) is 0 Å².